The minimum absolute atomic E-state index is 0.420. The van der Waals surface area contributed by atoms with E-state index in [1.54, 1.807) is 12.2 Å². The van der Waals surface area contributed by atoms with E-state index in [0.717, 1.165) is 0 Å². The van der Waals surface area contributed by atoms with Gasteiger partial charge in [0.15, 0.2) is 5.76 Å². The molecule has 1 heterocycles. The molecule has 64 valence electrons. The molecule has 0 aliphatic carbocycles. The second kappa shape index (κ2) is 3.76. The number of nitrogens with one attached hydrogen (secondary N) is 1. The number of aromatic amines is 1. The molecule has 0 atom stereocenters. The van der Waals surface area contributed by atoms with Gasteiger partial charge in [0, 0.05) is 0 Å². The summed E-state index contributed by atoms with van der Waals surface area (Å²) in [4.78, 5) is 13.3. The lowest BCUT2D eigenvalue weighted by molar-refractivity contribution is 0.506. The Morgan fingerprint density at radius 2 is 1.92 bits per heavy atom. The second-order valence-corrected chi connectivity index (χ2v) is 2.29. The van der Waals surface area contributed by atoms with E-state index in [1.807, 2.05) is 26.0 Å². The maximum Gasteiger partial charge on any atom is 0.417 e. The maximum atomic E-state index is 10.8. The molecule has 0 unspecified atom stereocenters. The first kappa shape index (κ1) is 8.59. The highest BCUT2D eigenvalue weighted by molar-refractivity contribution is 5.57. The molecule has 0 aliphatic rings. The van der Waals surface area contributed by atoms with Gasteiger partial charge in [-0.2, -0.15) is 0 Å². The summed E-state index contributed by atoms with van der Waals surface area (Å²) < 4.78 is 4.86. The molecule has 1 aromatic heterocycles. The molecule has 1 rings (SSSR count). The highest BCUT2D eigenvalue weighted by Crippen LogP contribution is 2.07. The van der Waals surface area contributed by atoms with Gasteiger partial charge in [-0.15, -0.1) is 0 Å². The Kier molecular flexibility index (Phi) is 2.69. The summed E-state index contributed by atoms with van der Waals surface area (Å²) in [6.45, 7) is 3.75. The number of aromatic nitrogens is 1. The van der Waals surface area contributed by atoms with Crippen LogP contribution in [-0.2, 0) is 0 Å². The first-order chi connectivity index (χ1) is 5.77. The number of hydrogen-bond acceptors (Lipinski definition) is 2. The van der Waals surface area contributed by atoms with E-state index in [4.69, 9.17) is 4.42 Å². The Balaban J connectivity index is 3.16. The van der Waals surface area contributed by atoms with Gasteiger partial charge in [-0.05, 0) is 26.0 Å². The summed E-state index contributed by atoms with van der Waals surface area (Å²) in [5, 5.41) is 0. The van der Waals surface area contributed by atoms with Crippen LogP contribution in [0.2, 0.25) is 0 Å². The first-order valence-electron chi connectivity index (χ1n) is 3.76. The molecule has 0 aromatic carbocycles. The molecule has 3 nitrogen and oxygen atoms in total. The van der Waals surface area contributed by atoms with Crippen molar-refractivity contribution in [2.24, 2.45) is 0 Å². The van der Waals surface area contributed by atoms with E-state index in [2.05, 4.69) is 4.98 Å². The molecule has 0 spiro atoms. The molecule has 0 saturated carbocycles. The van der Waals surface area contributed by atoms with Crippen LogP contribution >= 0.6 is 0 Å². The lowest BCUT2D eigenvalue weighted by atomic mass is 10.3. The fraction of sp³-hybridized carbons (Fsp3) is 0.222. The predicted molar refractivity (Wildman–Crippen MR) is 48.7 cm³/mol. The zero-order chi connectivity index (χ0) is 8.97. The molecule has 0 fully saturated rings. The maximum absolute atomic E-state index is 10.8. The number of H-pyrrole nitrogens is 1. The number of allylic oxidation sites excluding steroid dienone is 2. The SMILES string of the molecule is C/C=C\c1[nH]c(=O)oc1/C=C\C. The van der Waals surface area contributed by atoms with Gasteiger partial charge in [0.25, 0.3) is 0 Å². The summed E-state index contributed by atoms with van der Waals surface area (Å²) in [7, 11) is 0. The van der Waals surface area contributed by atoms with Crippen LogP contribution in [0, 0.1) is 0 Å². The molecular weight excluding hydrogens is 154 g/mol. The molecule has 0 amide bonds. The lowest BCUT2D eigenvalue weighted by Gasteiger charge is -1.85. The fourth-order valence-corrected chi connectivity index (χ4v) is 0.918. The van der Waals surface area contributed by atoms with Gasteiger partial charge < -0.3 is 4.42 Å². The van der Waals surface area contributed by atoms with Crippen LogP contribution in [0.5, 0.6) is 0 Å². The Morgan fingerprint density at radius 3 is 2.50 bits per heavy atom. The summed E-state index contributed by atoms with van der Waals surface area (Å²) in [6, 6.07) is 0. The molecule has 0 bridgehead atoms. The van der Waals surface area contributed by atoms with Crippen molar-refractivity contribution in [2.75, 3.05) is 0 Å². The highest BCUT2D eigenvalue weighted by Gasteiger charge is 2.01. The van der Waals surface area contributed by atoms with Crippen LogP contribution in [0.25, 0.3) is 12.2 Å². The zero-order valence-electron chi connectivity index (χ0n) is 7.13. The topological polar surface area (TPSA) is 46.0 Å². The largest absolute Gasteiger partial charge is 0.417 e. The number of oxazole rings is 1. The Hall–Kier alpha value is -1.51. The van der Waals surface area contributed by atoms with Crippen molar-refractivity contribution in [3.63, 3.8) is 0 Å². The van der Waals surface area contributed by atoms with Crippen molar-refractivity contribution < 1.29 is 4.42 Å². The number of hydrogen-bond donors (Lipinski definition) is 1. The van der Waals surface area contributed by atoms with Gasteiger partial charge >= 0.3 is 5.76 Å². The Bertz CT molecular complexity index is 322. The van der Waals surface area contributed by atoms with Gasteiger partial charge in [-0.3, -0.25) is 4.98 Å². The van der Waals surface area contributed by atoms with E-state index >= 15 is 0 Å². The summed E-state index contributed by atoms with van der Waals surface area (Å²) >= 11 is 0. The van der Waals surface area contributed by atoms with Crippen LogP contribution in [0.3, 0.4) is 0 Å². The van der Waals surface area contributed by atoms with Gasteiger partial charge in [0.1, 0.15) is 0 Å². The van der Waals surface area contributed by atoms with Crippen molar-refractivity contribution in [1.82, 2.24) is 4.98 Å². The standard InChI is InChI=1S/C9H11NO2/c1-3-5-7-8(6-4-2)12-9(11)10-7/h3-6H,1-2H3,(H,10,11)/b5-3-,6-4-. The molecule has 0 radical (unpaired) electrons. The van der Waals surface area contributed by atoms with Crippen LogP contribution < -0.4 is 5.76 Å². The lowest BCUT2D eigenvalue weighted by Crippen LogP contribution is -1.94. The molecule has 1 N–H and O–H groups in total. The van der Waals surface area contributed by atoms with E-state index < -0.39 is 5.76 Å². The average molecular weight is 165 g/mol. The van der Waals surface area contributed by atoms with E-state index in [9.17, 15) is 4.79 Å². The fourth-order valence-electron chi connectivity index (χ4n) is 0.918. The minimum atomic E-state index is -0.420. The van der Waals surface area contributed by atoms with E-state index in [-0.39, 0.29) is 0 Å². The van der Waals surface area contributed by atoms with Crippen LogP contribution in [0.4, 0.5) is 0 Å². The monoisotopic (exact) mass is 165 g/mol. The first-order valence-corrected chi connectivity index (χ1v) is 3.76. The van der Waals surface area contributed by atoms with Crippen LogP contribution in [-0.4, -0.2) is 4.98 Å². The van der Waals surface area contributed by atoms with Gasteiger partial charge in [0.2, 0.25) is 0 Å². The van der Waals surface area contributed by atoms with Crippen LogP contribution in [0.1, 0.15) is 25.3 Å². The Labute approximate surface area is 70.4 Å². The molecule has 0 saturated heterocycles. The molecular formula is C9H11NO2. The van der Waals surface area contributed by atoms with Crippen molar-refractivity contribution in [1.29, 1.82) is 0 Å². The third kappa shape index (κ3) is 1.75. The third-order valence-corrected chi connectivity index (χ3v) is 1.36. The second-order valence-electron chi connectivity index (χ2n) is 2.29. The van der Waals surface area contributed by atoms with Gasteiger partial charge in [0.05, 0.1) is 5.69 Å². The van der Waals surface area contributed by atoms with E-state index in [1.165, 1.54) is 0 Å². The number of rotatable bonds is 2. The minimum Gasteiger partial charge on any atom is -0.408 e. The summed E-state index contributed by atoms with van der Waals surface area (Å²) in [5.41, 5.74) is 0.709. The quantitative estimate of drug-likeness (QED) is 0.728. The highest BCUT2D eigenvalue weighted by atomic mass is 16.4. The van der Waals surface area contributed by atoms with Gasteiger partial charge in [-0.25, -0.2) is 4.79 Å². The van der Waals surface area contributed by atoms with E-state index in [0.29, 0.717) is 11.5 Å². The van der Waals surface area contributed by atoms with Crippen molar-refractivity contribution in [3.05, 3.63) is 34.2 Å². The molecule has 1 aromatic rings. The summed E-state index contributed by atoms with van der Waals surface area (Å²) in [5.74, 6) is 0.150. The zero-order valence-corrected chi connectivity index (χ0v) is 7.13. The van der Waals surface area contributed by atoms with Crippen molar-refractivity contribution in [2.45, 2.75) is 13.8 Å². The average Bonchev–Trinajstić information content (AvgIpc) is 2.33. The molecule has 0 aliphatic heterocycles. The molecule has 3 heteroatoms. The Morgan fingerprint density at radius 1 is 1.25 bits per heavy atom. The van der Waals surface area contributed by atoms with Crippen molar-refractivity contribution in [3.8, 4) is 0 Å². The normalized spacial score (nSPS) is 11.8. The predicted octanol–water partition coefficient (Wildman–Crippen LogP) is 2.03. The summed E-state index contributed by atoms with van der Waals surface area (Å²) in [6.07, 6.45) is 7.19. The molecule has 12 heavy (non-hydrogen) atoms. The van der Waals surface area contributed by atoms with Crippen molar-refractivity contribution >= 4 is 12.2 Å². The van der Waals surface area contributed by atoms with Gasteiger partial charge in [-0.1, -0.05) is 12.2 Å². The smallest absolute Gasteiger partial charge is 0.408 e. The van der Waals surface area contributed by atoms with Crippen LogP contribution in [0.15, 0.2) is 21.4 Å². The third-order valence-electron chi connectivity index (χ3n) is 1.36.